The van der Waals surface area contributed by atoms with Gasteiger partial charge in [0.1, 0.15) is 41.4 Å². The lowest BCUT2D eigenvalue weighted by atomic mass is 10.1. The van der Waals surface area contributed by atoms with Crippen molar-refractivity contribution in [3.05, 3.63) is 70.7 Å². The molecule has 3 rings (SSSR count). The Morgan fingerprint density at radius 3 is 2.29 bits per heavy atom. The van der Waals surface area contributed by atoms with E-state index in [0.29, 0.717) is 29.7 Å². The van der Waals surface area contributed by atoms with Crippen LogP contribution in [0.25, 0.3) is 6.08 Å². The number of benzene rings is 2. The van der Waals surface area contributed by atoms with Crippen LogP contribution in [0.2, 0.25) is 0 Å². The fourth-order valence-electron chi connectivity index (χ4n) is 2.49. The molecule has 0 saturated carbocycles. The highest BCUT2D eigenvalue weighted by molar-refractivity contribution is 7.15. The quantitative estimate of drug-likeness (QED) is 0.299. The number of nitrogens with zero attached hydrogens (tertiary/aromatic N) is 3. The van der Waals surface area contributed by atoms with Crippen molar-refractivity contribution in [2.24, 2.45) is 0 Å². The minimum Gasteiger partial charge on any atom is -0.490 e. The van der Waals surface area contributed by atoms with E-state index in [1.165, 1.54) is 17.4 Å². The molecule has 0 fully saturated rings. The smallest absolute Gasteiger partial charge is 0.268 e. The molecule has 1 aromatic heterocycles. The zero-order chi connectivity index (χ0) is 22.1. The molecular formula is C23H22N4O3S. The van der Waals surface area contributed by atoms with Gasteiger partial charge in [0.15, 0.2) is 0 Å². The molecule has 8 heteroatoms. The number of aromatic nitrogens is 2. The number of nitriles is 1. The summed E-state index contributed by atoms with van der Waals surface area (Å²) in [5.41, 5.74) is 0.686. The second-order valence-electron chi connectivity index (χ2n) is 6.80. The molecule has 0 saturated heterocycles. The van der Waals surface area contributed by atoms with E-state index >= 15 is 0 Å². The van der Waals surface area contributed by atoms with Crippen LogP contribution < -0.4 is 14.8 Å². The fourth-order valence-corrected chi connectivity index (χ4v) is 3.23. The molecule has 2 aromatic carbocycles. The molecule has 7 nitrogen and oxygen atoms in total. The summed E-state index contributed by atoms with van der Waals surface area (Å²) in [4.78, 5) is 12.4. The van der Waals surface area contributed by atoms with Crippen LogP contribution in [-0.4, -0.2) is 29.3 Å². The van der Waals surface area contributed by atoms with Gasteiger partial charge in [-0.1, -0.05) is 55.5 Å². The predicted octanol–water partition coefficient (Wildman–Crippen LogP) is 4.66. The highest BCUT2D eigenvalue weighted by Gasteiger charge is 2.14. The van der Waals surface area contributed by atoms with Crippen molar-refractivity contribution in [2.75, 3.05) is 18.5 Å². The predicted molar refractivity (Wildman–Crippen MR) is 120 cm³/mol. The third-order valence-corrected chi connectivity index (χ3v) is 5.21. The van der Waals surface area contributed by atoms with Crippen LogP contribution in [0.1, 0.15) is 30.3 Å². The van der Waals surface area contributed by atoms with Gasteiger partial charge in [-0.2, -0.15) is 5.26 Å². The van der Waals surface area contributed by atoms with Gasteiger partial charge in [0.25, 0.3) is 5.91 Å². The number of para-hydroxylation sites is 1. The van der Waals surface area contributed by atoms with Crippen LogP contribution in [0.3, 0.4) is 0 Å². The van der Waals surface area contributed by atoms with Gasteiger partial charge >= 0.3 is 0 Å². The van der Waals surface area contributed by atoms with Crippen molar-refractivity contribution in [1.82, 2.24) is 10.2 Å². The molecule has 3 aromatic rings. The van der Waals surface area contributed by atoms with Gasteiger partial charge in [0, 0.05) is 5.92 Å². The summed E-state index contributed by atoms with van der Waals surface area (Å²) in [7, 11) is 0. The number of carbonyl (C=O) groups is 1. The lowest BCUT2D eigenvalue weighted by Crippen LogP contribution is -2.13. The summed E-state index contributed by atoms with van der Waals surface area (Å²) >= 11 is 1.30. The highest BCUT2D eigenvalue weighted by Crippen LogP contribution is 2.23. The van der Waals surface area contributed by atoms with Crippen molar-refractivity contribution in [3.8, 4) is 17.6 Å². The fraction of sp³-hybridized carbons (Fsp3) is 0.217. The van der Waals surface area contributed by atoms with Crippen LogP contribution in [0.5, 0.6) is 11.5 Å². The van der Waals surface area contributed by atoms with E-state index in [0.717, 1.165) is 10.8 Å². The Morgan fingerprint density at radius 2 is 1.71 bits per heavy atom. The van der Waals surface area contributed by atoms with E-state index in [1.54, 1.807) is 24.3 Å². The molecule has 0 radical (unpaired) electrons. The SMILES string of the molecule is CC(C)c1nnc(NC(=O)/C(C#N)=C\c2ccc(OCCOc3ccccc3)cc2)s1. The molecule has 0 aliphatic carbocycles. The van der Waals surface area contributed by atoms with Crippen LogP contribution >= 0.6 is 11.3 Å². The number of nitrogens with one attached hydrogen (secondary N) is 1. The summed E-state index contributed by atoms with van der Waals surface area (Å²) in [6, 6.07) is 18.6. The van der Waals surface area contributed by atoms with Gasteiger partial charge in [-0.25, -0.2) is 0 Å². The Hall–Kier alpha value is -3.70. The van der Waals surface area contributed by atoms with E-state index in [-0.39, 0.29) is 11.5 Å². The molecule has 1 N–H and O–H groups in total. The minimum atomic E-state index is -0.521. The lowest BCUT2D eigenvalue weighted by molar-refractivity contribution is -0.112. The van der Waals surface area contributed by atoms with Crippen molar-refractivity contribution in [2.45, 2.75) is 19.8 Å². The van der Waals surface area contributed by atoms with Gasteiger partial charge in [-0.05, 0) is 35.9 Å². The van der Waals surface area contributed by atoms with E-state index in [4.69, 9.17) is 9.47 Å². The van der Waals surface area contributed by atoms with Gasteiger partial charge in [-0.15, -0.1) is 10.2 Å². The molecule has 0 spiro atoms. The average Bonchev–Trinajstić information content (AvgIpc) is 3.25. The van der Waals surface area contributed by atoms with Crippen molar-refractivity contribution < 1.29 is 14.3 Å². The number of hydrogen-bond acceptors (Lipinski definition) is 7. The van der Waals surface area contributed by atoms with Gasteiger partial charge in [0.2, 0.25) is 5.13 Å². The molecular weight excluding hydrogens is 412 g/mol. The Labute approximate surface area is 185 Å². The minimum absolute atomic E-state index is 0.0220. The Kier molecular flexibility index (Phi) is 7.73. The first kappa shape index (κ1) is 22.0. The van der Waals surface area contributed by atoms with Crippen LogP contribution in [-0.2, 0) is 4.79 Å². The summed E-state index contributed by atoms with van der Waals surface area (Å²) in [5.74, 6) is 1.17. The topological polar surface area (TPSA) is 97.1 Å². The molecule has 1 heterocycles. The maximum atomic E-state index is 12.4. The Bertz CT molecular complexity index is 1070. The molecule has 0 unspecified atom stereocenters. The van der Waals surface area contributed by atoms with Gasteiger partial charge < -0.3 is 9.47 Å². The first-order valence-corrected chi connectivity index (χ1v) is 10.5. The highest BCUT2D eigenvalue weighted by atomic mass is 32.1. The number of hydrogen-bond donors (Lipinski definition) is 1. The normalized spacial score (nSPS) is 11.1. The maximum Gasteiger partial charge on any atom is 0.268 e. The number of rotatable bonds is 9. The van der Waals surface area contributed by atoms with E-state index in [2.05, 4.69) is 15.5 Å². The maximum absolute atomic E-state index is 12.4. The third-order valence-electron chi connectivity index (χ3n) is 4.08. The van der Waals surface area contributed by atoms with Gasteiger partial charge in [0.05, 0.1) is 0 Å². The molecule has 0 atom stereocenters. The second kappa shape index (κ2) is 10.9. The molecule has 1 amide bonds. The van der Waals surface area contributed by atoms with Crippen molar-refractivity contribution >= 4 is 28.5 Å². The zero-order valence-corrected chi connectivity index (χ0v) is 18.1. The van der Waals surface area contributed by atoms with Crippen molar-refractivity contribution in [1.29, 1.82) is 5.26 Å². The summed E-state index contributed by atoms with van der Waals surface area (Å²) in [5, 5.41) is 21.2. The lowest BCUT2D eigenvalue weighted by Gasteiger charge is -2.08. The van der Waals surface area contributed by atoms with Crippen LogP contribution in [0.15, 0.2) is 60.2 Å². The van der Waals surface area contributed by atoms with Crippen LogP contribution in [0, 0.1) is 11.3 Å². The largest absolute Gasteiger partial charge is 0.490 e. The Morgan fingerprint density at radius 1 is 1.06 bits per heavy atom. The third kappa shape index (κ3) is 6.66. The van der Waals surface area contributed by atoms with E-state index in [1.807, 2.05) is 50.2 Å². The summed E-state index contributed by atoms with van der Waals surface area (Å²) < 4.78 is 11.2. The van der Waals surface area contributed by atoms with Crippen LogP contribution in [0.4, 0.5) is 5.13 Å². The Balaban J connectivity index is 1.53. The first-order valence-electron chi connectivity index (χ1n) is 9.72. The number of amides is 1. The summed E-state index contributed by atoms with van der Waals surface area (Å²) in [6.45, 7) is 4.82. The van der Waals surface area contributed by atoms with Gasteiger partial charge in [-0.3, -0.25) is 10.1 Å². The zero-order valence-electron chi connectivity index (χ0n) is 17.2. The van der Waals surface area contributed by atoms with Crippen molar-refractivity contribution in [3.63, 3.8) is 0 Å². The standard InChI is InChI=1S/C23H22N4O3S/c1-16(2)22-26-27-23(31-22)25-21(28)18(15-24)14-17-8-10-20(11-9-17)30-13-12-29-19-6-4-3-5-7-19/h3-11,14,16H,12-13H2,1-2H3,(H,25,27,28)/b18-14-. The molecule has 158 valence electrons. The number of ether oxygens (including phenoxy) is 2. The number of anilines is 1. The molecule has 0 aliphatic heterocycles. The summed E-state index contributed by atoms with van der Waals surface area (Å²) in [6.07, 6.45) is 1.52. The average molecular weight is 435 g/mol. The molecule has 0 aliphatic rings. The van der Waals surface area contributed by atoms with E-state index in [9.17, 15) is 10.1 Å². The second-order valence-corrected chi connectivity index (χ2v) is 7.81. The molecule has 0 bridgehead atoms. The monoisotopic (exact) mass is 434 g/mol. The molecule has 31 heavy (non-hydrogen) atoms. The van der Waals surface area contributed by atoms with E-state index < -0.39 is 5.91 Å². The first-order chi connectivity index (χ1) is 15.0. The number of carbonyl (C=O) groups excluding carboxylic acids is 1.